The van der Waals surface area contributed by atoms with Crippen molar-refractivity contribution in [3.63, 3.8) is 0 Å². The Morgan fingerprint density at radius 2 is 1.54 bits per heavy atom. The van der Waals surface area contributed by atoms with Gasteiger partial charge in [0.1, 0.15) is 5.75 Å². The van der Waals surface area contributed by atoms with Gasteiger partial charge in [-0.3, -0.25) is 4.79 Å². The molecule has 0 aromatic heterocycles. The summed E-state index contributed by atoms with van der Waals surface area (Å²) in [5.74, 6) is 0.774. The molecule has 2 aromatic carbocycles. The van der Waals surface area contributed by atoms with Crippen LogP contribution in [0.15, 0.2) is 36.4 Å². The Kier molecular flexibility index (Phi) is 6.97. The molecule has 0 aliphatic heterocycles. The largest absolute Gasteiger partial charge is 0.573 e. The number of hydrogen-bond donors (Lipinski definition) is 1. The Morgan fingerprint density at radius 1 is 0.964 bits per heavy atom. The minimum atomic E-state index is -4.76. The molecule has 0 aliphatic rings. The number of hydrogen-bond acceptors (Lipinski definition) is 5. The van der Waals surface area contributed by atoms with E-state index in [-0.39, 0.29) is 18.1 Å². The Labute approximate surface area is 160 Å². The van der Waals surface area contributed by atoms with Gasteiger partial charge in [0, 0.05) is 12.1 Å². The van der Waals surface area contributed by atoms with Gasteiger partial charge in [-0.25, -0.2) is 0 Å². The number of carbonyl (C=O) groups excluding carboxylic acids is 1. The maximum atomic E-state index is 12.2. The van der Waals surface area contributed by atoms with Crippen molar-refractivity contribution in [1.29, 1.82) is 0 Å². The van der Waals surface area contributed by atoms with Crippen LogP contribution in [0.4, 0.5) is 18.9 Å². The van der Waals surface area contributed by atoms with Gasteiger partial charge in [-0.1, -0.05) is 0 Å². The van der Waals surface area contributed by atoms with Crippen LogP contribution in [0.5, 0.6) is 23.0 Å². The third-order valence-electron chi connectivity index (χ3n) is 3.74. The van der Waals surface area contributed by atoms with Crippen molar-refractivity contribution >= 4 is 11.6 Å². The van der Waals surface area contributed by atoms with Crippen LogP contribution in [-0.4, -0.2) is 33.6 Å². The quantitative estimate of drug-likeness (QED) is 0.721. The van der Waals surface area contributed by atoms with Gasteiger partial charge in [-0.15, -0.1) is 13.2 Å². The van der Waals surface area contributed by atoms with E-state index >= 15 is 0 Å². The maximum Gasteiger partial charge on any atom is 0.573 e. The van der Waals surface area contributed by atoms with Crippen LogP contribution in [0.2, 0.25) is 0 Å². The van der Waals surface area contributed by atoms with Crippen molar-refractivity contribution in [1.82, 2.24) is 0 Å². The fourth-order valence-corrected chi connectivity index (χ4v) is 2.50. The molecule has 0 fully saturated rings. The summed E-state index contributed by atoms with van der Waals surface area (Å²) in [6.45, 7) is 0. The van der Waals surface area contributed by atoms with E-state index in [9.17, 15) is 18.0 Å². The number of rotatable bonds is 8. The van der Waals surface area contributed by atoms with Gasteiger partial charge in [0.2, 0.25) is 11.7 Å². The van der Waals surface area contributed by atoms with Gasteiger partial charge in [-0.05, 0) is 48.4 Å². The molecule has 0 atom stereocenters. The van der Waals surface area contributed by atoms with Crippen molar-refractivity contribution in [2.75, 3.05) is 26.6 Å². The average molecular weight is 399 g/mol. The van der Waals surface area contributed by atoms with Gasteiger partial charge < -0.3 is 24.3 Å². The van der Waals surface area contributed by atoms with Crippen LogP contribution >= 0.6 is 0 Å². The molecule has 1 N–H and O–H groups in total. The number of halogens is 3. The van der Waals surface area contributed by atoms with Gasteiger partial charge >= 0.3 is 6.36 Å². The van der Waals surface area contributed by atoms with E-state index in [2.05, 4.69) is 10.1 Å². The highest BCUT2D eigenvalue weighted by Gasteiger charge is 2.30. The lowest BCUT2D eigenvalue weighted by Crippen LogP contribution is -2.17. The van der Waals surface area contributed by atoms with E-state index in [1.165, 1.54) is 33.5 Å². The Morgan fingerprint density at radius 3 is 2.00 bits per heavy atom. The monoisotopic (exact) mass is 399 g/mol. The van der Waals surface area contributed by atoms with Gasteiger partial charge in [0.15, 0.2) is 11.5 Å². The van der Waals surface area contributed by atoms with Gasteiger partial charge in [-0.2, -0.15) is 0 Å². The maximum absolute atomic E-state index is 12.2. The number of nitrogens with one attached hydrogen (secondary N) is 1. The smallest absolute Gasteiger partial charge is 0.493 e. The van der Waals surface area contributed by atoms with E-state index in [1.807, 2.05) is 0 Å². The molecule has 28 heavy (non-hydrogen) atoms. The molecule has 0 aliphatic carbocycles. The first kappa shape index (κ1) is 21.2. The second-order valence-electron chi connectivity index (χ2n) is 5.65. The first-order chi connectivity index (χ1) is 13.3. The lowest BCUT2D eigenvalue weighted by molar-refractivity contribution is -0.274. The van der Waals surface area contributed by atoms with Crippen molar-refractivity contribution in [3.8, 4) is 23.0 Å². The summed E-state index contributed by atoms with van der Waals surface area (Å²) in [5, 5.41) is 2.62. The zero-order chi connectivity index (χ0) is 20.7. The molecular weight excluding hydrogens is 379 g/mol. The summed E-state index contributed by atoms with van der Waals surface area (Å²) in [5.41, 5.74) is 1.17. The van der Waals surface area contributed by atoms with E-state index in [4.69, 9.17) is 14.2 Å². The Hall–Kier alpha value is -3.10. The predicted molar refractivity (Wildman–Crippen MR) is 96.2 cm³/mol. The zero-order valence-corrected chi connectivity index (χ0v) is 15.6. The Balaban J connectivity index is 1.97. The van der Waals surface area contributed by atoms with Crippen LogP contribution in [0.1, 0.15) is 12.0 Å². The van der Waals surface area contributed by atoms with Crippen LogP contribution in [0.25, 0.3) is 0 Å². The number of ether oxygens (including phenoxy) is 4. The second kappa shape index (κ2) is 9.20. The first-order valence-corrected chi connectivity index (χ1v) is 8.20. The number of benzene rings is 2. The van der Waals surface area contributed by atoms with E-state index in [0.717, 1.165) is 17.7 Å². The van der Waals surface area contributed by atoms with Crippen molar-refractivity contribution in [2.45, 2.75) is 19.2 Å². The molecule has 2 rings (SSSR count). The van der Waals surface area contributed by atoms with E-state index in [0.29, 0.717) is 29.4 Å². The van der Waals surface area contributed by atoms with E-state index < -0.39 is 6.36 Å². The summed E-state index contributed by atoms with van der Waals surface area (Å²) in [7, 11) is 4.50. The molecular formula is C19H20F3NO5. The highest BCUT2D eigenvalue weighted by atomic mass is 19.4. The zero-order valence-electron chi connectivity index (χ0n) is 15.6. The number of anilines is 1. The van der Waals surface area contributed by atoms with Crippen molar-refractivity contribution < 1.29 is 36.9 Å². The molecule has 2 aromatic rings. The number of aryl methyl sites for hydroxylation is 1. The molecule has 6 nitrogen and oxygen atoms in total. The molecule has 1 amide bonds. The molecule has 0 unspecified atom stereocenters. The second-order valence-corrected chi connectivity index (χ2v) is 5.65. The number of alkyl halides is 3. The summed E-state index contributed by atoms with van der Waals surface area (Å²) >= 11 is 0. The fraction of sp³-hybridized carbons (Fsp3) is 0.316. The lowest BCUT2D eigenvalue weighted by atomic mass is 10.1. The number of methoxy groups -OCH3 is 3. The van der Waals surface area contributed by atoms with E-state index in [1.54, 1.807) is 12.1 Å². The minimum absolute atomic E-state index is 0.152. The summed E-state index contributed by atoms with van der Waals surface area (Å²) < 4.78 is 56.0. The summed E-state index contributed by atoms with van der Waals surface area (Å²) in [6.07, 6.45) is -4.21. The molecule has 0 saturated carbocycles. The third-order valence-corrected chi connectivity index (χ3v) is 3.74. The fourth-order valence-electron chi connectivity index (χ4n) is 2.50. The van der Waals surface area contributed by atoms with Crippen LogP contribution in [0.3, 0.4) is 0 Å². The van der Waals surface area contributed by atoms with Crippen LogP contribution in [-0.2, 0) is 11.2 Å². The molecule has 0 spiro atoms. The predicted octanol–water partition coefficient (Wildman–Crippen LogP) is 4.18. The minimum Gasteiger partial charge on any atom is -0.493 e. The molecule has 0 radical (unpaired) electrons. The van der Waals surface area contributed by atoms with Crippen molar-refractivity contribution in [2.24, 2.45) is 0 Å². The average Bonchev–Trinajstić information content (AvgIpc) is 2.65. The van der Waals surface area contributed by atoms with Crippen LogP contribution in [0, 0.1) is 0 Å². The Bertz CT molecular complexity index is 781. The topological polar surface area (TPSA) is 66.0 Å². The molecule has 0 saturated heterocycles. The standard InChI is InChI=1S/C19H20F3NO5/c1-25-15-10-12(11-16(26-2)18(15)27-3)4-9-17(24)23-13-5-7-14(8-6-13)28-19(20,21)22/h5-8,10-11H,4,9H2,1-3H3,(H,23,24). The first-order valence-electron chi connectivity index (χ1n) is 8.20. The third kappa shape index (κ3) is 5.97. The molecule has 9 heteroatoms. The normalized spacial score (nSPS) is 10.9. The lowest BCUT2D eigenvalue weighted by Gasteiger charge is -2.14. The summed E-state index contributed by atoms with van der Waals surface area (Å²) in [4.78, 5) is 12.1. The SMILES string of the molecule is COc1cc(CCC(=O)Nc2ccc(OC(F)(F)F)cc2)cc(OC)c1OC. The molecule has 152 valence electrons. The highest BCUT2D eigenvalue weighted by Crippen LogP contribution is 2.38. The van der Waals surface area contributed by atoms with Crippen molar-refractivity contribution in [3.05, 3.63) is 42.0 Å². The number of amides is 1. The highest BCUT2D eigenvalue weighted by molar-refractivity contribution is 5.90. The molecule has 0 bridgehead atoms. The van der Waals surface area contributed by atoms with Gasteiger partial charge in [0.25, 0.3) is 0 Å². The van der Waals surface area contributed by atoms with Crippen LogP contribution < -0.4 is 24.3 Å². The van der Waals surface area contributed by atoms with Gasteiger partial charge in [0.05, 0.1) is 21.3 Å². The summed E-state index contributed by atoms with van der Waals surface area (Å²) in [6, 6.07) is 8.41. The molecule has 0 heterocycles. The number of carbonyl (C=O) groups is 1.